The highest BCUT2D eigenvalue weighted by Crippen LogP contribution is 2.64. The normalized spacial score (nSPS) is 20.4. The molecule has 3 rings (SSSR count). The quantitative estimate of drug-likeness (QED) is 0.0978. The first kappa shape index (κ1) is 40.2. The number of pyridine rings is 1. The summed E-state index contributed by atoms with van der Waals surface area (Å²) in [6, 6.07) is 12.0. The van der Waals surface area contributed by atoms with Crippen molar-refractivity contribution in [2.24, 2.45) is 0 Å². The summed E-state index contributed by atoms with van der Waals surface area (Å²) in [4.78, 5) is 47.9. The van der Waals surface area contributed by atoms with Gasteiger partial charge in [0.2, 0.25) is 7.37 Å². The molecule has 2 atom stereocenters. The van der Waals surface area contributed by atoms with Crippen molar-refractivity contribution in [2.75, 3.05) is 32.4 Å². The van der Waals surface area contributed by atoms with Crippen LogP contribution in [0.15, 0.2) is 48.8 Å². The van der Waals surface area contributed by atoms with E-state index >= 15 is 0 Å². The summed E-state index contributed by atoms with van der Waals surface area (Å²) in [5.74, 6) is -0.571. The van der Waals surface area contributed by atoms with Gasteiger partial charge in [-0.05, 0) is 106 Å². The molecule has 2 heterocycles. The number of esters is 1. The summed E-state index contributed by atoms with van der Waals surface area (Å²) >= 11 is 0. The van der Waals surface area contributed by atoms with Crippen LogP contribution in [0, 0.1) is 0 Å². The molecule has 1 unspecified atom stereocenters. The van der Waals surface area contributed by atoms with Gasteiger partial charge in [-0.2, -0.15) is 0 Å². The average molecular weight is 702 g/mol. The van der Waals surface area contributed by atoms with Crippen molar-refractivity contribution in [1.82, 2.24) is 14.8 Å². The van der Waals surface area contributed by atoms with E-state index in [0.717, 1.165) is 21.6 Å². The zero-order chi connectivity index (χ0) is 36.7. The Morgan fingerprint density at radius 2 is 1.49 bits per heavy atom. The maximum atomic E-state index is 14.8. The van der Waals surface area contributed by atoms with Gasteiger partial charge in [0.1, 0.15) is 16.8 Å². The molecule has 0 bridgehead atoms. The topological polar surface area (TPSA) is 125 Å². The standard InChI is InChI=1S/C37H56N3O8P/c1-11-45-49(44)24-23-39(26-29-17-12-13-19-30(29)28-18-16-21-38-25-28)27-37(49,31(41)46-34(2,3)4)20-14-15-22-40(32(42)47-35(5,6)7)33(43)48-36(8,9)10/h12-13,16-19,21,25H,11,14-15,20,22-24,26-27H2,1-10H3/t37-,49?/m0/s1. The minimum Gasteiger partial charge on any atom is -0.459 e. The number of imide groups is 1. The molecule has 0 saturated carbocycles. The second-order valence-electron chi connectivity index (χ2n) is 15.5. The van der Waals surface area contributed by atoms with Gasteiger partial charge in [-0.25, -0.2) is 14.5 Å². The lowest BCUT2D eigenvalue weighted by Gasteiger charge is -2.46. The predicted octanol–water partition coefficient (Wildman–Crippen LogP) is 8.30. The third-order valence-electron chi connectivity index (χ3n) is 7.80. The van der Waals surface area contributed by atoms with Crippen molar-refractivity contribution in [2.45, 2.75) is 117 Å². The number of unbranched alkanes of at least 4 members (excludes halogenated alkanes) is 1. The van der Waals surface area contributed by atoms with Crippen LogP contribution >= 0.6 is 7.37 Å². The zero-order valence-corrected chi connectivity index (χ0v) is 31.9. The van der Waals surface area contributed by atoms with Crippen molar-refractivity contribution in [1.29, 1.82) is 0 Å². The third-order valence-corrected chi connectivity index (χ3v) is 11.1. The maximum Gasteiger partial charge on any atom is 0.419 e. The van der Waals surface area contributed by atoms with Crippen LogP contribution < -0.4 is 0 Å². The maximum absolute atomic E-state index is 14.8. The van der Waals surface area contributed by atoms with Gasteiger partial charge in [0.05, 0.1) is 6.61 Å². The lowest BCUT2D eigenvalue weighted by atomic mass is 9.97. The molecule has 2 amide bonds. The predicted molar refractivity (Wildman–Crippen MR) is 191 cm³/mol. The average Bonchev–Trinajstić information content (AvgIpc) is 2.96. The Morgan fingerprint density at radius 1 is 0.878 bits per heavy atom. The van der Waals surface area contributed by atoms with Crippen LogP contribution in [0.25, 0.3) is 11.1 Å². The van der Waals surface area contributed by atoms with Crippen molar-refractivity contribution in [3.05, 3.63) is 54.4 Å². The van der Waals surface area contributed by atoms with E-state index < -0.39 is 47.5 Å². The molecule has 1 aliphatic rings. The fourth-order valence-corrected chi connectivity index (χ4v) is 8.79. The summed E-state index contributed by atoms with van der Waals surface area (Å²) in [5.41, 5.74) is 0.564. The first-order valence-corrected chi connectivity index (χ1v) is 18.9. The Kier molecular flexibility index (Phi) is 13.3. The van der Waals surface area contributed by atoms with Crippen LogP contribution in [-0.2, 0) is 34.6 Å². The van der Waals surface area contributed by atoms with Crippen molar-refractivity contribution in [3.8, 4) is 11.1 Å². The number of carbonyl (C=O) groups excluding carboxylic acids is 3. The van der Waals surface area contributed by atoms with Gasteiger partial charge >= 0.3 is 18.2 Å². The van der Waals surface area contributed by atoms with Crippen LogP contribution in [-0.4, -0.2) is 87.3 Å². The molecule has 49 heavy (non-hydrogen) atoms. The summed E-state index contributed by atoms with van der Waals surface area (Å²) in [7, 11) is -3.59. The molecule has 1 aromatic heterocycles. The van der Waals surface area contributed by atoms with Gasteiger partial charge in [-0.1, -0.05) is 30.3 Å². The molecular weight excluding hydrogens is 645 g/mol. The van der Waals surface area contributed by atoms with E-state index in [4.69, 9.17) is 18.7 Å². The van der Waals surface area contributed by atoms with Gasteiger partial charge in [-0.15, -0.1) is 0 Å². The van der Waals surface area contributed by atoms with Crippen molar-refractivity contribution < 1.29 is 37.7 Å². The molecule has 1 aliphatic heterocycles. The van der Waals surface area contributed by atoms with E-state index in [0.29, 0.717) is 25.9 Å². The van der Waals surface area contributed by atoms with E-state index in [1.165, 1.54) is 0 Å². The number of carbonyl (C=O) groups is 3. The first-order valence-electron chi connectivity index (χ1n) is 17.1. The van der Waals surface area contributed by atoms with Crippen molar-refractivity contribution >= 4 is 25.5 Å². The molecular formula is C37H56N3O8P. The highest BCUT2D eigenvalue weighted by atomic mass is 31.2. The summed E-state index contributed by atoms with van der Waals surface area (Å²) in [5, 5.41) is -1.47. The van der Waals surface area contributed by atoms with E-state index in [1.54, 1.807) is 75.4 Å². The summed E-state index contributed by atoms with van der Waals surface area (Å²) < 4.78 is 37.9. The number of hydrogen-bond acceptors (Lipinski definition) is 10. The van der Waals surface area contributed by atoms with Gasteiger partial charge in [0, 0.05) is 50.3 Å². The van der Waals surface area contributed by atoms with E-state index in [-0.39, 0.29) is 32.3 Å². The number of hydrogen-bond donors (Lipinski definition) is 0. The number of ether oxygens (including phenoxy) is 3. The Bertz CT molecular complexity index is 1450. The van der Waals surface area contributed by atoms with Crippen LogP contribution in [0.3, 0.4) is 0 Å². The van der Waals surface area contributed by atoms with E-state index in [9.17, 15) is 18.9 Å². The lowest BCUT2D eigenvalue weighted by molar-refractivity contribution is -0.160. The Balaban J connectivity index is 1.94. The number of benzene rings is 1. The minimum atomic E-state index is -3.59. The third kappa shape index (κ3) is 11.4. The van der Waals surface area contributed by atoms with Crippen LogP contribution in [0.2, 0.25) is 0 Å². The lowest BCUT2D eigenvalue weighted by Crippen LogP contribution is -2.56. The Labute approximate surface area is 292 Å². The zero-order valence-electron chi connectivity index (χ0n) is 31.0. The van der Waals surface area contributed by atoms with Crippen LogP contribution in [0.1, 0.15) is 94.1 Å². The molecule has 0 N–H and O–H groups in total. The molecule has 12 heteroatoms. The van der Waals surface area contributed by atoms with Gasteiger partial charge < -0.3 is 18.7 Å². The van der Waals surface area contributed by atoms with Gasteiger partial charge in [-0.3, -0.25) is 19.2 Å². The number of rotatable bonds is 11. The highest BCUT2D eigenvalue weighted by Gasteiger charge is 2.59. The summed E-state index contributed by atoms with van der Waals surface area (Å²) in [6.45, 7) is 18.7. The second-order valence-corrected chi connectivity index (χ2v) is 18.4. The van der Waals surface area contributed by atoms with Crippen LogP contribution in [0.5, 0.6) is 0 Å². The molecule has 0 spiro atoms. The summed E-state index contributed by atoms with van der Waals surface area (Å²) in [6.07, 6.45) is 2.91. The smallest absolute Gasteiger partial charge is 0.419 e. The largest absolute Gasteiger partial charge is 0.459 e. The van der Waals surface area contributed by atoms with E-state index in [1.807, 2.05) is 36.5 Å². The molecule has 11 nitrogen and oxygen atoms in total. The van der Waals surface area contributed by atoms with E-state index in [2.05, 4.69) is 16.0 Å². The number of nitrogens with zero attached hydrogens (tertiary/aromatic N) is 3. The Hall–Kier alpha value is -3.27. The molecule has 1 aromatic carbocycles. The van der Waals surface area contributed by atoms with Crippen molar-refractivity contribution in [3.63, 3.8) is 0 Å². The fraction of sp³-hybridized carbons (Fsp3) is 0.622. The molecule has 0 radical (unpaired) electrons. The molecule has 2 aromatic rings. The van der Waals surface area contributed by atoms with Gasteiger partial charge in [0.25, 0.3) is 0 Å². The second kappa shape index (κ2) is 16.2. The fourth-order valence-electron chi connectivity index (χ4n) is 5.78. The number of aromatic nitrogens is 1. The molecule has 1 fully saturated rings. The van der Waals surface area contributed by atoms with Gasteiger partial charge in [0.15, 0.2) is 5.16 Å². The number of amides is 2. The molecule has 272 valence electrons. The first-order chi connectivity index (χ1) is 22.7. The van der Waals surface area contributed by atoms with Crippen LogP contribution in [0.4, 0.5) is 9.59 Å². The monoisotopic (exact) mass is 701 g/mol. The minimum absolute atomic E-state index is 0.0185. The molecule has 0 aliphatic carbocycles. The SMILES string of the molecule is CCOP1(=O)CCN(Cc2ccccc2-c2cccnc2)C[C@@]1(CCCCN(C(=O)OC(C)(C)C)C(=O)OC(C)(C)C)C(=O)OC(C)(C)C. The Morgan fingerprint density at radius 3 is 2.04 bits per heavy atom. The molecule has 1 saturated heterocycles. The highest BCUT2D eigenvalue weighted by molar-refractivity contribution is 7.62.